The van der Waals surface area contributed by atoms with E-state index in [0.717, 1.165) is 45.6 Å². The van der Waals surface area contributed by atoms with Gasteiger partial charge in [0.25, 0.3) is 0 Å². The van der Waals surface area contributed by atoms with Crippen molar-refractivity contribution in [1.29, 1.82) is 0 Å². The van der Waals surface area contributed by atoms with E-state index in [1.807, 2.05) is 0 Å². The normalized spacial score (nSPS) is 17.8. The predicted octanol–water partition coefficient (Wildman–Crippen LogP) is 4.38. The smallest absolute Gasteiger partial charge is 0.307 e. The zero-order valence-electron chi connectivity index (χ0n) is 22.6. The molecule has 12 heteroatoms. The van der Waals surface area contributed by atoms with E-state index in [9.17, 15) is 14.0 Å². The van der Waals surface area contributed by atoms with Gasteiger partial charge in [-0.2, -0.15) is 0 Å². The number of hydrogen-bond acceptors (Lipinski definition) is 9. The molecule has 5 rings (SSSR count). The number of nitrogens with zero attached hydrogens (tertiary/aromatic N) is 4. The molecule has 0 saturated carbocycles. The highest BCUT2D eigenvalue weighted by Crippen LogP contribution is 2.34. The molecule has 0 radical (unpaired) electrons. The van der Waals surface area contributed by atoms with Crippen LogP contribution in [-0.4, -0.2) is 83.6 Å². The van der Waals surface area contributed by atoms with Crippen LogP contribution in [0.3, 0.4) is 0 Å². The van der Waals surface area contributed by atoms with Crippen LogP contribution in [0.25, 0.3) is 10.9 Å². The summed E-state index contributed by atoms with van der Waals surface area (Å²) in [6.07, 6.45) is 4.89. The molecule has 2 aliphatic heterocycles. The van der Waals surface area contributed by atoms with Gasteiger partial charge in [-0.15, -0.1) is 0 Å². The molecule has 10 nitrogen and oxygen atoms in total. The standard InChI is InChI=1S/C29H32ClFN6O4/c1-2-27(38)35-25-15-21-24(32-18-33-29(21)34-19-5-6-23(31)22(30)13-19)16-26(25)40-12-4-3-7-36-8-10-37(11-9-36)20-14-28(39)41-17-20/h2,5-6,13,15-16,18,20H,1,3-4,7-12,14,17H2,(H,35,38)(H,32,33,34). The van der Waals surface area contributed by atoms with Gasteiger partial charge in [0.1, 0.15) is 30.3 Å². The molecule has 0 aliphatic carbocycles. The van der Waals surface area contributed by atoms with Crippen molar-refractivity contribution in [3.05, 3.63) is 60.2 Å². The van der Waals surface area contributed by atoms with E-state index in [4.69, 9.17) is 21.1 Å². The summed E-state index contributed by atoms with van der Waals surface area (Å²) in [5.74, 6) is -0.0405. The number of carbonyl (C=O) groups is 2. The maximum absolute atomic E-state index is 13.6. The third kappa shape index (κ3) is 7.29. The van der Waals surface area contributed by atoms with Crippen LogP contribution in [0.1, 0.15) is 19.3 Å². The molecule has 2 aliphatic rings. The number of amides is 1. The summed E-state index contributed by atoms with van der Waals surface area (Å²) in [6.45, 7) is 9.28. The number of ether oxygens (including phenoxy) is 2. The van der Waals surface area contributed by atoms with Crippen molar-refractivity contribution in [2.45, 2.75) is 25.3 Å². The Morgan fingerprint density at radius 2 is 2.02 bits per heavy atom. The Bertz CT molecular complexity index is 1430. The SMILES string of the molecule is C=CC(=O)Nc1cc2c(Nc3ccc(F)c(Cl)c3)ncnc2cc1OCCCCN1CCN(C2COC(=O)C2)CC1. The highest BCUT2D eigenvalue weighted by atomic mass is 35.5. The zero-order valence-corrected chi connectivity index (χ0v) is 23.3. The summed E-state index contributed by atoms with van der Waals surface area (Å²) in [5.41, 5.74) is 1.62. The number of piperazine rings is 1. The maximum atomic E-state index is 13.6. The number of anilines is 3. The summed E-state index contributed by atoms with van der Waals surface area (Å²) in [5, 5.41) is 6.56. The van der Waals surface area contributed by atoms with Crippen molar-refractivity contribution < 1.29 is 23.5 Å². The largest absolute Gasteiger partial charge is 0.491 e. The fraction of sp³-hybridized carbons (Fsp3) is 0.379. The van der Waals surface area contributed by atoms with Crippen molar-refractivity contribution in [3.63, 3.8) is 0 Å². The monoisotopic (exact) mass is 582 g/mol. The van der Waals surface area contributed by atoms with Gasteiger partial charge in [-0.05, 0) is 49.7 Å². The van der Waals surface area contributed by atoms with Crippen molar-refractivity contribution in [3.8, 4) is 5.75 Å². The third-order valence-corrected chi connectivity index (χ3v) is 7.54. The molecule has 1 amide bonds. The molecule has 3 heterocycles. The predicted molar refractivity (Wildman–Crippen MR) is 155 cm³/mol. The van der Waals surface area contributed by atoms with Crippen LogP contribution in [0, 0.1) is 5.82 Å². The van der Waals surface area contributed by atoms with Gasteiger partial charge in [0, 0.05) is 43.3 Å². The Kier molecular flexibility index (Phi) is 9.28. The Hall–Kier alpha value is -3.80. The van der Waals surface area contributed by atoms with Gasteiger partial charge in [-0.25, -0.2) is 14.4 Å². The van der Waals surface area contributed by atoms with E-state index in [-0.39, 0.29) is 22.9 Å². The second-order valence-electron chi connectivity index (χ2n) is 10.0. The molecule has 41 heavy (non-hydrogen) atoms. The van der Waals surface area contributed by atoms with Gasteiger partial charge >= 0.3 is 5.97 Å². The van der Waals surface area contributed by atoms with E-state index < -0.39 is 5.82 Å². The number of halogens is 2. The van der Waals surface area contributed by atoms with Crippen LogP contribution in [0.4, 0.5) is 21.6 Å². The molecule has 2 aromatic carbocycles. The van der Waals surface area contributed by atoms with E-state index in [2.05, 4.69) is 37.0 Å². The van der Waals surface area contributed by atoms with Crippen LogP contribution in [0.2, 0.25) is 5.02 Å². The Morgan fingerprint density at radius 3 is 2.76 bits per heavy atom. The first kappa shape index (κ1) is 28.7. The number of cyclic esters (lactones) is 1. The van der Waals surface area contributed by atoms with E-state index >= 15 is 0 Å². The fourth-order valence-corrected chi connectivity index (χ4v) is 5.18. The number of fused-ring (bicyclic) bond motifs is 1. The van der Waals surface area contributed by atoms with Crippen molar-refractivity contribution >= 4 is 51.6 Å². The van der Waals surface area contributed by atoms with Gasteiger partial charge in [0.05, 0.1) is 35.3 Å². The summed E-state index contributed by atoms with van der Waals surface area (Å²) in [6, 6.07) is 8.01. The molecule has 216 valence electrons. The van der Waals surface area contributed by atoms with Crippen LogP contribution < -0.4 is 15.4 Å². The van der Waals surface area contributed by atoms with Gasteiger partial charge in [-0.1, -0.05) is 18.2 Å². The van der Waals surface area contributed by atoms with E-state index in [1.165, 1.54) is 24.5 Å². The van der Waals surface area contributed by atoms with Gasteiger partial charge < -0.3 is 25.0 Å². The summed E-state index contributed by atoms with van der Waals surface area (Å²) >= 11 is 5.93. The number of rotatable bonds is 11. The fourth-order valence-electron chi connectivity index (χ4n) is 5.00. The molecule has 1 unspecified atom stereocenters. The molecule has 2 fully saturated rings. The highest BCUT2D eigenvalue weighted by molar-refractivity contribution is 6.31. The van der Waals surface area contributed by atoms with E-state index in [0.29, 0.717) is 53.5 Å². The first-order valence-corrected chi connectivity index (χ1v) is 14.0. The zero-order chi connectivity index (χ0) is 28.8. The first-order chi connectivity index (χ1) is 19.9. The molecule has 0 bridgehead atoms. The van der Waals surface area contributed by atoms with Crippen LogP contribution in [0.5, 0.6) is 5.75 Å². The highest BCUT2D eigenvalue weighted by Gasteiger charge is 2.31. The summed E-state index contributed by atoms with van der Waals surface area (Å²) < 4.78 is 24.8. The quantitative estimate of drug-likeness (QED) is 0.193. The molecular formula is C29H32ClFN6O4. The van der Waals surface area contributed by atoms with Crippen molar-refractivity contribution in [2.24, 2.45) is 0 Å². The molecule has 0 spiro atoms. The molecule has 1 atom stereocenters. The Labute approximate surface area is 242 Å². The van der Waals surface area contributed by atoms with Crippen molar-refractivity contribution in [1.82, 2.24) is 19.8 Å². The number of carbonyl (C=O) groups excluding carboxylic acids is 2. The topological polar surface area (TPSA) is 109 Å². The molecule has 1 aromatic heterocycles. The molecule has 2 saturated heterocycles. The second kappa shape index (κ2) is 13.2. The van der Waals surface area contributed by atoms with Gasteiger partial charge in [0.2, 0.25) is 5.91 Å². The number of unbranched alkanes of at least 4 members (excludes halogenated alkanes) is 1. The summed E-state index contributed by atoms with van der Waals surface area (Å²) in [4.78, 5) is 37.1. The lowest BCUT2D eigenvalue weighted by atomic mass is 10.1. The van der Waals surface area contributed by atoms with E-state index in [1.54, 1.807) is 18.2 Å². The minimum Gasteiger partial charge on any atom is -0.491 e. The Morgan fingerprint density at radius 1 is 1.20 bits per heavy atom. The van der Waals surface area contributed by atoms with Crippen LogP contribution >= 0.6 is 11.6 Å². The molecule has 2 N–H and O–H groups in total. The number of benzene rings is 2. The molecular weight excluding hydrogens is 551 g/mol. The minimum atomic E-state index is -0.517. The maximum Gasteiger partial charge on any atom is 0.307 e. The molecule has 3 aromatic rings. The first-order valence-electron chi connectivity index (χ1n) is 13.6. The van der Waals surface area contributed by atoms with Gasteiger partial charge in [-0.3, -0.25) is 14.5 Å². The lowest BCUT2D eigenvalue weighted by molar-refractivity contribution is -0.137. The van der Waals surface area contributed by atoms with Gasteiger partial charge in [0.15, 0.2) is 0 Å². The second-order valence-corrected chi connectivity index (χ2v) is 10.4. The van der Waals surface area contributed by atoms with Crippen molar-refractivity contribution in [2.75, 3.05) is 56.6 Å². The summed E-state index contributed by atoms with van der Waals surface area (Å²) in [7, 11) is 0. The average molecular weight is 583 g/mol. The lowest BCUT2D eigenvalue weighted by Gasteiger charge is -2.37. The number of hydrogen-bond donors (Lipinski definition) is 2. The Balaban J connectivity index is 1.19. The minimum absolute atomic E-state index is 0.0119. The van der Waals surface area contributed by atoms with Crippen LogP contribution in [-0.2, 0) is 14.3 Å². The average Bonchev–Trinajstić information content (AvgIpc) is 3.41. The van der Waals surface area contributed by atoms with Crippen LogP contribution in [0.15, 0.2) is 49.3 Å². The third-order valence-electron chi connectivity index (χ3n) is 7.25. The number of aromatic nitrogens is 2. The number of nitrogens with one attached hydrogen (secondary N) is 2. The lowest BCUT2D eigenvalue weighted by Crippen LogP contribution is -2.50. The number of esters is 1.